The van der Waals surface area contributed by atoms with Crippen LogP contribution in [0.1, 0.15) is 0 Å². The molecular weight excluding hydrogens is 169 g/mol. The Balaban J connectivity index is 0. The Kier molecular flexibility index (Phi) is 13.4. The molecule has 0 saturated heterocycles. The van der Waals surface area contributed by atoms with Gasteiger partial charge in [-0.1, -0.05) is 4.49 Å². The molecule has 0 heterocycles. The molecule has 0 bridgehead atoms. The molecule has 0 aromatic carbocycles. The molecule has 0 atom stereocenters. The van der Waals surface area contributed by atoms with Crippen LogP contribution in [-0.2, 0) is 0 Å². The molecule has 0 aromatic heterocycles. The van der Waals surface area contributed by atoms with E-state index in [1.54, 1.807) is 0 Å². The molecule has 0 rings (SSSR count). The summed E-state index contributed by atoms with van der Waals surface area (Å²) in [5.41, 5.74) is 1.95. The second-order valence-corrected chi connectivity index (χ2v) is 1.49. The van der Waals surface area contributed by atoms with E-state index in [2.05, 4.69) is 0 Å². The predicted molar refractivity (Wildman–Crippen MR) is 24.3 cm³/mol. The van der Waals surface area contributed by atoms with Gasteiger partial charge in [-0.15, -0.1) is 23.2 Å². The van der Waals surface area contributed by atoms with E-state index in [-0.39, 0.29) is 55.9 Å². The van der Waals surface area contributed by atoms with Crippen molar-refractivity contribution in [3.63, 3.8) is 0 Å². The van der Waals surface area contributed by atoms with Crippen molar-refractivity contribution in [3.8, 4) is 0 Å². The molecule has 30 valence electrons. The second kappa shape index (κ2) is 7.25. The Morgan fingerprint density at radius 3 is 1.50 bits per heavy atom. The first-order valence-corrected chi connectivity index (χ1v) is 1.95. The maximum atomic E-state index is 4.90. The standard InChI is InChI=1S/C2Cl3.K/c3-1-2(4)5;/q-1;+1. The maximum absolute atomic E-state index is 4.90. The van der Waals surface area contributed by atoms with Gasteiger partial charge in [-0.2, -0.15) is 0 Å². The first-order chi connectivity index (χ1) is 2.27. The predicted octanol–water partition coefficient (Wildman–Crippen LogP) is -0.691. The van der Waals surface area contributed by atoms with Crippen molar-refractivity contribution >= 4 is 34.8 Å². The summed E-state index contributed by atoms with van der Waals surface area (Å²) < 4.78 is -0.0355. The van der Waals surface area contributed by atoms with Crippen molar-refractivity contribution in [2.45, 2.75) is 0 Å². The van der Waals surface area contributed by atoms with Crippen LogP contribution in [0.15, 0.2) is 4.49 Å². The van der Waals surface area contributed by atoms with E-state index in [4.69, 9.17) is 34.8 Å². The van der Waals surface area contributed by atoms with Crippen LogP contribution in [0.2, 0.25) is 0 Å². The number of hydrogen-bond donors (Lipinski definition) is 0. The van der Waals surface area contributed by atoms with E-state index in [0.29, 0.717) is 0 Å². The quantitative estimate of drug-likeness (QED) is 0.333. The van der Waals surface area contributed by atoms with Crippen molar-refractivity contribution < 1.29 is 51.4 Å². The molecule has 0 N–H and O–H groups in total. The van der Waals surface area contributed by atoms with Crippen molar-refractivity contribution in [3.05, 3.63) is 10.0 Å². The van der Waals surface area contributed by atoms with Gasteiger partial charge in [0.05, 0.1) is 0 Å². The number of halogens is 3. The van der Waals surface area contributed by atoms with Gasteiger partial charge in [-0.25, -0.2) is 0 Å². The summed E-state index contributed by atoms with van der Waals surface area (Å²) in [6, 6.07) is 0. The van der Waals surface area contributed by atoms with Gasteiger partial charge in [0.15, 0.2) is 0 Å². The van der Waals surface area contributed by atoms with Gasteiger partial charge in [-0.05, 0) is 0 Å². The van der Waals surface area contributed by atoms with Crippen LogP contribution in [0, 0.1) is 5.54 Å². The van der Waals surface area contributed by atoms with Gasteiger partial charge in [0.1, 0.15) is 0 Å². The maximum Gasteiger partial charge on any atom is 1.00 e. The van der Waals surface area contributed by atoms with E-state index in [0.717, 1.165) is 0 Å². The Bertz CT molecular complexity index is 46.8. The number of rotatable bonds is 0. The van der Waals surface area contributed by atoms with Gasteiger partial charge in [0.2, 0.25) is 0 Å². The summed E-state index contributed by atoms with van der Waals surface area (Å²) in [5, 5.41) is 0. The minimum Gasteiger partial charge on any atom is -0.366 e. The van der Waals surface area contributed by atoms with Gasteiger partial charge in [-0.3, -0.25) is 0 Å². The molecule has 0 saturated carbocycles. The Morgan fingerprint density at radius 2 is 1.50 bits per heavy atom. The van der Waals surface area contributed by atoms with Crippen LogP contribution in [0.3, 0.4) is 0 Å². The first-order valence-electron chi connectivity index (χ1n) is 0.817. The molecule has 0 amide bonds. The van der Waals surface area contributed by atoms with Crippen molar-refractivity contribution in [1.29, 1.82) is 0 Å². The first kappa shape index (κ1) is 11.1. The average Bonchev–Trinajstić information content (AvgIpc) is 1.38. The Morgan fingerprint density at radius 1 is 1.33 bits per heavy atom. The van der Waals surface area contributed by atoms with E-state index >= 15 is 0 Å². The van der Waals surface area contributed by atoms with Crippen LogP contribution in [0.25, 0.3) is 0 Å². The molecule has 0 nitrogen and oxygen atoms in total. The summed E-state index contributed by atoms with van der Waals surface area (Å²) in [6.07, 6.45) is 0. The Labute approximate surface area is 94.2 Å². The van der Waals surface area contributed by atoms with Crippen LogP contribution in [0.4, 0.5) is 0 Å². The van der Waals surface area contributed by atoms with Crippen LogP contribution in [-0.4, -0.2) is 0 Å². The third-order valence-electron chi connectivity index (χ3n) is 0.0714. The molecule has 0 fully saturated rings. The van der Waals surface area contributed by atoms with E-state index in [1.165, 1.54) is 0 Å². The third-order valence-corrected chi connectivity index (χ3v) is 0.643. The molecule has 0 spiro atoms. The van der Waals surface area contributed by atoms with Crippen LogP contribution >= 0.6 is 34.8 Å². The molecule has 0 aliphatic rings. The molecular formula is C2Cl3K. The Hall–Kier alpha value is 2.25. The monoisotopic (exact) mass is 168 g/mol. The summed E-state index contributed by atoms with van der Waals surface area (Å²) in [5.74, 6) is 0. The second-order valence-electron chi connectivity index (χ2n) is 0.355. The van der Waals surface area contributed by atoms with Crippen molar-refractivity contribution in [2.24, 2.45) is 0 Å². The molecule has 4 heteroatoms. The van der Waals surface area contributed by atoms with Gasteiger partial charge in [0, 0.05) is 0 Å². The van der Waals surface area contributed by atoms with E-state index in [1.807, 2.05) is 5.54 Å². The minimum absolute atomic E-state index is 0. The molecule has 0 radical (unpaired) electrons. The fourth-order valence-corrected chi connectivity index (χ4v) is 0. The zero-order valence-corrected chi connectivity index (χ0v) is 8.52. The molecule has 0 aromatic rings. The van der Waals surface area contributed by atoms with E-state index < -0.39 is 0 Å². The smallest absolute Gasteiger partial charge is 0.366 e. The number of hydrogen-bond acceptors (Lipinski definition) is 0. The van der Waals surface area contributed by atoms with Crippen LogP contribution in [0.5, 0.6) is 0 Å². The molecule has 0 aliphatic carbocycles. The molecule has 0 unspecified atom stereocenters. The van der Waals surface area contributed by atoms with Crippen molar-refractivity contribution in [1.82, 2.24) is 0 Å². The van der Waals surface area contributed by atoms with Crippen LogP contribution < -0.4 is 51.4 Å². The topological polar surface area (TPSA) is 0 Å². The van der Waals surface area contributed by atoms with Gasteiger partial charge < -0.3 is 17.1 Å². The summed E-state index contributed by atoms with van der Waals surface area (Å²) in [6.45, 7) is 0. The molecule has 6 heavy (non-hydrogen) atoms. The molecule has 0 aliphatic heterocycles. The SMILES string of the molecule is Cl[C-]=C(Cl)Cl.[K+]. The van der Waals surface area contributed by atoms with Gasteiger partial charge >= 0.3 is 51.4 Å². The normalized spacial score (nSPS) is 5.83. The third kappa shape index (κ3) is 9.53. The van der Waals surface area contributed by atoms with Crippen molar-refractivity contribution in [2.75, 3.05) is 0 Å². The van der Waals surface area contributed by atoms with E-state index in [9.17, 15) is 0 Å². The zero-order valence-electron chi connectivity index (χ0n) is 3.13. The summed E-state index contributed by atoms with van der Waals surface area (Å²) in [7, 11) is 0. The van der Waals surface area contributed by atoms with Gasteiger partial charge in [0.25, 0.3) is 0 Å². The zero-order chi connectivity index (χ0) is 4.28. The average molecular weight is 169 g/mol. The minimum atomic E-state index is -0.0355. The summed E-state index contributed by atoms with van der Waals surface area (Å²) in [4.78, 5) is 0. The fraction of sp³-hybridized carbons (Fsp3) is 0. The fourth-order valence-electron chi connectivity index (χ4n) is 0. The summed E-state index contributed by atoms with van der Waals surface area (Å²) >= 11 is 14.6. The largest absolute Gasteiger partial charge is 1.00 e.